The van der Waals surface area contributed by atoms with E-state index in [1.54, 1.807) is 0 Å². The first-order valence-electron chi connectivity index (χ1n) is 4.80. The van der Waals surface area contributed by atoms with Crippen LogP contribution in [0.5, 0.6) is 0 Å². The Hall–Kier alpha value is 0.610. The topological polar surface area (TPSA) is 137 Å². The summed E-state index contributed by atoms with van der Waals surface area (Å²) in [5.41, 5.74) is 0. The molecule has 2 amide bonds. The van der Waals surface area contributed by atoms with Crippen LogP contribution in [-0.4, -0.2) is 53.5 Å². The first-order chi connectivity index (χ1) is 7.79. The van der Waals surface area contributed by atoms with Gasteiger partial charge in [0, 0.05) is 6.54 Å². The fourth-order valence-corrected chi connectivity index (χ4v) is 2.48. The molecule has 0 aliphatic carbocycles. The molecule has 1 N–H and O–H groups in total. The number of hydrogen-bond donors (Lipinski definition) is 1. The fraction of sp³-hybridized carbons (Fsp3) is 0.714. The number of hydrogen-bond acceptors (Lipinski definition) is 7. The van der Waals surface area contributed by atoms with E-state index >= 15 is 0 Å². The van der Waals surface area contributed by atoms with E-state index in [-0.39, 0.29) is 72.1 Å². The summed E-state index contributed by atoms with van der Waals surface area (Å²) < 4.78 is 35.4. The molecule has 2 bridgehead atoms. The van der Waals surface area contributed by atoms with Crippen LogP contribution >= 0.6 is 0 Å². The zero-order chi connectivity index (χ0) is 12.8. The van der Waals surface area contributed by atoms with Crippen molar-refractivity contribution in [2.24, 2.45) is 0 Å². The summed E-state index contributed by atoms with van der Waals surface area (Å²) in [6.07, 6.45) is 0.574. The number of hydroxylamine groups is 2. The average molecular weight is 309 g/mol. The molecule has 2 atom stereocenters. The molecule has 0 unspecified atom stereocenters. The first kappa shape index (κ1) is 19.6. The van der Waals surface area contributed by atoms with Crippen molar-refractivity contribution in [1.29, 1.82) is 5.41 Å². The number of piperidine rings is 1. The van der Waals surface area contributed by atoms with Crippen molar-refractivity contribution >= 4 is 22.3 Å². The molecular formula is C7H9N3Na2O6S. The van der Waals surface area contributed by atoms with Crippen LogP contribution in [0.25, 0.3) is 0 Å². The minimum absolute atomic E-state index is 0. The molecule has 0 spiro atoms. The number of urea groups is 1. The van der Waals surface area contributed by atoms with Crippen molar-refractivity contribution in [1.82, 2.24) is 9.96 Å². The number of fused-ring (bicyclic) bond motifs is 2. The summed E-state index contributed by atoms with van der Waals surface area (Å²) in [6, 6.07) is -2.32. The van der Waals surface area contributed by atoms with Gasteiger partial charge in [-0.1, -0.05) is 0 Å². The van der Waals surface area contributed by atoms with Gasteiger partial charge in [0.2, 0.25) is 10.4 Å². The smallest absolute Gasteiger partial charge is 0.861 e. The van der Waals surface area contributed by atoms with Crippen LogP contribution in [0.15, 0.2) is 0 Å². The van der Waals surface area contributed by atoms with Gasteiger partial charge in [-0.2, -0.15) is 9.35 Å². The molecule has 2 aliphatic heterocycles. The molecule has 12 heteroatoms. The number of carbonyl (C=O) groups is 1. The van der Waals surface area contributed by atoms with Crippen LogP contribution < -0.4 is 64.2 Å². The molecule has 0 saturated carbocycles. The Labute approximate surface area is 154 Å². The molecule has 2 aliphatic rings. The van der Waals surface area contributed by atoms with E-state index in [4.69, 9.17) is 5.41 Å². The Balaban J connectivity index is 0.00000162. The van der Waals surface area contributed by atoms with E-state index in [2.05, 4.69) is 4.28 Å². The van der Waals surface area contributed by atoms with Crippen LogP contribution in [-0.2, 0) is 14.7 Å². The third kappa shape index (κ3) is 4.29. The zero-order valence-corrected chi connectivity index (χ0v) is 15.3. The number of amides is 2. The van der Waals surface area contributed by atoms with Crippen molar-refractivity contribution in [3.8, 4) is 0 Å². The summed E-state index contributed by atoms with van der Waals surface area (Å²) >= 11 is 0. The molecule has 0 aromatic carbocycles. The second-order valence-corrected chi connectivity index (χ2v) is 4.82. The van der Waals surface area contributed by atoms with Crippen molar-refractivity contribution in [2.45, 2.75) is 24.9 Å². The van der Waals surface area contributed by atoms with Gasteiger partial charge in [0.15, 0.2) is 0 Å². The Morgan fingerprint density at radius 1 is 1.37 bits per heavy atom. The van der Waals surface area contributed by atoms with Crippen LogP contribution in [0.4, 0.5) is 4.79 Å². The minimum Gasteiger partial charge on any atom is -0.861 e. The SMILES string of the molecule is N=C([O-])[C@@H]1CC[C@@H]2CN1C(=O)N2OS(=O)(=O)[O-].[Na+].[Na+]. The van der Waals surface area contributed by atoms with Crippen LogP contribution in [0.2, 0.25) is 0 Å². The van der Waals surface area contributed by atoms with E-state index in [1.165, 1.54) is 0 Å². The van der Waals surface area contributed by atoms with Crippen molar-refractivity contribution < 1.29 is 86.3 Å². The predicted molar refractivity (Wildman–Crippen MR) is 49.3 cm³/mol. The summed E-state index contributed by atoms with van der Waals surface area (Å²) in [5, 5.41) is 18.4. The van der Waals surface area contributed by atoms with Gasteiger partial charge in [0.05, 0.1) is 12.1 Å². The fourth-order valence-electron chi connectivity index (χ4n) is 2.10. The Morgan fingerprint density at radius 3 is 2.42 bits per heavy atom. The quantitative estimate of drug-likeness (QED) is 0.181. The van der Waals surface area contributed by atoms with Crippen molar-refractivity contribution in [2.75, 3.05) is 6.54 Å². The number of nitrogens with zero attached hydrogens (tertiary/aromatic N) is 2. The van der Waals surface area contributed by atoms with Crippen LogP contribution in [0.1, 0.15) is 12.8 Å². The monoisotopic (exact) mass is 309 g/mol. The predicted octanol–water partition coefficient (Wildman–Crippen LogP) is -8.01. The second kappa shape index (κ2) is 7.05. The number of rotatable bonds is 3. The van der Waals surface area contributed by atoms with Crippen molar-refractivity contribution in [3.63, 3.8) is 0 Å². The van der Waals surface area contributed by atoms with Gasteiger partial charge in [-0.05, 0) is 18.7 Å². The van der Waals surface area contributed by atoms with Gasteiger partial charge >= 0.3 is 65.1 Å². The maximum atomic E-state index is 11.7. The maximum Gasteiger partial charge on any atom is 1.00 e. The molecule has 2 heterocycles. The summed E-state index contributed by atoms with van der Waals surface area (Å²) in [4.78, 5) is 12.7. The normalized spacial score (nSPS) is 25.6. The third-order valence-corrected chi connectivity index (χ3v) is 3.14. The van der Waals surface area contributed by atoms with E-state index in [9.17, 15) is 22.9 Å². The largest absolute Gasteiger partial charge is 1.00 e. The summed E-state index contributed by atoms with van der Waals surface area (Å²) in [7, 11) is -5.02. The molecule has 0 aromatic heterocycles. The van der Waals surface area contributed by atoms with Gasteiger partial charge in [0.1, 0.15) is 0 Å². The van der Waals surface area contributed by atoms with Crippen LogP contribution in [0, 0.1) is 5.41 Å². The Bertz CT molecular complexity index is 471. The Kier molecular flexibility index (Phi) is 7.28. The average Bonchev–Trinajstić information content (AvgIpc) is 2.42. The minimum atomic E-state index is -5.02. The van der Waals surface area contributed by atoms with Gasteiger partial charge in [0.25, 0.3) is 0 Å². The zero-order valence-electron chi connectivity index (χ0n) is 10.5. The second-order valence-electron chi connectivity index (χ2n) is 3.85. The standard InChI is InChI=1S/C7H11N3O6S.2Na/c8-6(11)5-2-1-4-3-9(5)7(12)10(4)16-17(13,14)15;;/h4-5H,1-3H2,(H2,8,11)(H,13,14,15);;/q;2*+1/p-2/t4-,5+;;/m1../s1. The van der Waals surface area contributed by atoms with Crippen LogP contribution in [0.3, 0.4) is 0 Å². The van der Waals surface area contributed by atoms with E-state index in [0.717, 1.165) is 4.90 Å². The van der Waals surface area contributed by atoms with E-state index < -0.39 is 34.4 Å². The van der Waals surface area contributed by atoms with E-state index in [0.29, 0.717) is 11.5 Å². The summed E-state index contributed by atoms with van der Waals surface area (Å²) in [6.45, 7) is 0.0869. The third-order valence-electron chi connectivity index (χ3n) is 2.80. The molecule has 96 valence electrons. The molecule has 2 rings (SSSR count). The molecule has 9 nitrogen and oxygen atoms in total. The number of carbonyl (C=O) groups excluding carboxylic acids is 1. The first-order valence-corrected chi connectivity index (χ1v) is 6.13. The molecular weight excluding hydrogens is 300 g/mol. The molecule has 2 fully saturated rings. The van der Waals surface area contributed by atoms with Gasteiger partial charge in [-0.3, -0.25) is 0 Å². The van der Waals surface area contributed by atoms with E-state index in [1.807, 2.05) is 0 Å². The molecule has 19 heavy (non-hydrogen) atoms. The van der Waals surface area contributed by atoms with Crippen molar-refractivity contribution in [3.05, 3.63) is 0 Å². The molecule has 0 radical (unpaired) electrons. The van der Waals surface area contributed by atoms with Gasteiger partial charge < -0.3 is 20.0 Å². The number of nitrogens with one attached hydrogen (secondary N) is 1. The van der Waals surface area contributed by atoms with Gasteiger partial charge in [-0.15, -0.1) is 0 Å². The molecule has 0 aromatic rings. The maximum absolute atomic E-state index is 11.7. The van der Waals surface area contributed by atoms with Gasteiger partial charge in [-0.25, -0.2) is 13.2 Å². The Morgan fingerprint density at radius 2 is 1.95 bits per heavy atom. The summed E-state index contributed by atoms with van der Waals surface area (Å²) in [5.74, 6) is -0.913. The molecule has 2 saturated heterocycles.